The molecule has 1 aromatic carbocycles. The first-order chi connectivity index (χ1) is 20.6. The predicted molar refractivity (Wildman–Crippen MR) is 153 cm³/mol. The first kappa shape index (κ1) is 31.3. The second kappa shape index (κ2) is 11.8. The number of aromatic nitrogens is 3. The third-order valence-corrected chi connectivity index (χ3v) is 7.97. The zero-order valence-electron chi connectivity index (χ0n) is 24.5. The molecule has 0 spiro atoms. The Morgan fingerprint density at radius 1 is 1.00 bits per heavy atom. The van der Waals surface area contributed by atoms with Gasteiger partial charge in [0.25, 0.3) is 11.5 Å². The molecule has 2 N–H and O–H groups in total. The third kappa shape index (κ3) is 5.98. The van der Waals surface area contributed by atoms with Crippen LogP contribution in [0.25, 0.3) is 16.8 Å². The van der Waals surface area contributed by atoms with E-state index in [0.717, 1.165) is 6.07 Å². The standard InChI is InChI=1S/C29H32F5N7O3/c1-15-11-39(6-5-38(15)4)22-8-21(30)24(18-9-36-28(37-10-18)40-12-16(2)44-17(3)13-40)25(31)26(22)41-14-19(27(35)43)20(7-23(41)42)29(32,33)34/h7-10,14-17H,5-6,11-13H2,1-4H3,(H2,35,43)/t15?,16-,17-/m1/s1. The lowest BCUT2D eigenvalue weighted by molar-refractivity contribution is -0.138. The van der Waals surface area contributed by atoms with Crippen molar-refractivity contribution >= 4 is 17.5 Å². The molecule has 0 bridgehead atoms. The van der Waals surface area contributed by atoms with Gasteiger partial charge in [-0.1, -0.05) is 0 Å². The Morgan fingerprint density at radius 2 is 1.64 bits per heavy atom. The number of likely N-dealkylation sites (N-methyl/N-ethyl adjacent to an activating group) is 1. The van der Waals surface area contributed by atoms with Gasteiger partial charge in [0.1, 0.15) is 11.5 Å². The predicted octanol–water partition coefficient (Wildman–Crippen LogP) is 3.44. The van der Waals surface area contributed by atoms with E-state index in [1.54, 1.807) is 4.90 Å². The summed E-state index contributed by atoms with van der Waals surface area (Å²) in [6.45, 7) is 7.83. The highest BCUT2D eigenvalue weighted by molar-refractivity contribution is 5.94. The minimum Gasteiger partial charge on any atom is -0.372 e. The summed E-state index contributed by atoms with van der Waals surface area (Å²) >= 11 is 0. The number of carbonyl (C=O) groups excluding carboxylic acids is 1. The van der Waals surface area contributed by atoms with E-state index in [9.17, 15) is 22.8 Å². The second-order valence-corrected chi connectivity index (χ2v) is 11.3. The number of rotatable bonds is 5. The summed E-state index contributed by atoms with van der Waals surface area (Å²) in [5, 5.41) is 0. The Bertz CT molecular complexity index is 1620. The number of nitrogens with two attached hydrogens (primary N) is 1. The van der Waals surface area contributed by atoms with Gasteiger partial charge in [-0.3, -0.25) is 14.2 Å². The van der Waals surface area contributed by atoms with Crippen molar-refractivity contribution in [3.8, 4) is 16.8 Å². The van der Waals surface area contributed by atoms with Gasteiger partial charge in [-0.2, -0.15) is 13.2 Å². The van der Waals surface area contributed by atoms with E-state index in [1.807, 2.05) is 37.6 Å². The number of nitrogens with zero attached hydrogens (tertiary/aromatic N) is 6. The maximum atomic E-state index is 16.6. The summed E-state index contributed by atoms with van der Waals surface area (Å²) in [6, 6.07) is 1.15. The lowest BCUT2D eigenvalue weighted by Gasteiger charge is -2.40. The number of ether oxygens (including phenoxy) is 1. The highest BCUT2D eigenvalue weighted by atomic mass is 19.4. The van der Waals surface area contributed by atoms with Crippen molar-refractivity contribution in [2.24, 2.45) is 5.73 Å². The fourth-order valence-electron chi connectivity index (χ4n) is 5.69. The van der Waals surface area contributed by atoms with E-state index in [1.165, 1.54) is 12.4 Å². The normalized spacial score (nSPS) is 21.5. The number of carbonyl (C=O) groups is 1. The van der Waals surface area contributed by atoms with Gasteiger partial charge in [0.2, 0.25) is 5.95 Å². The molecule has 44 heavy (non-hydrogen) atoms. The molecular formula is C29H32F5N7O3. The van der Waals surface area contributed by atoms with Crippen LogP contribution >= 0.6 is 0 Å². The Morgan fingerprint density at radius 3 is 2.20 bits per heavy atom. The van der Waals surface area contributed by atoms with Gasteiger partial charge in [-0.15, -0.1) is 0 Å². The van der Waals surface area contributed by atoms with Crippen molar-refractivity contribution in [3.05, 3.63) is 63.8 Å². The number of hydrogen-bond donors (Lipinski definition) is 1. The van der Waals surface area contributed by atoms with Gasteiger partial charge < -0.3 is 25.2 Å². The molecule has 3 atom stereocenters. The summed E-state index contributed by atoms with van der Waals surface area (Å²) in [4.78, 5) is 39.4. The van der Waals surface area contributed by atoms with E-state index >= 15 is 8.78 Å². The molecule has 10 nitrogen and oxygen atoms in total. The summed E-state index contributed by atoms with van der Waals surface area (Å²) in [7, 11) is 1.88. The summed E-state index contributed by atoms with van der Waals surface area (Å²) in [5.41, 5.74) is 0.108. The molecule has 15 heteroatoms. The monoisotopic (exact) mass is 621 g/mol. The van der Waals surface area contributed by atoms with Crippen LogP contribution in [0.4, 0.5) is 33.6 Å². The zero-order valence-corrected chi connectivity index (χ0v) is 24.5. The molecule has 2 aliphatic rings. The number of hydrogen-bond acceptors (Lipinski definition) is 8. The van der Waals surface area contributed by atoms with Crippen LogP contribution in [-0.4, -0.2) is 83.4 Å². The van der Waals surface area contributed by atoms with Crippen LogP contribution in [0.3, 0.4) is 0 Å². The van der Waals surface area contributed by atoms with Gasteiger partial charge in [0, 0.05) is 75.1 Å². The fraction of sp³-hybridized carbons (Fsp3) is 0.448. The summed E-state index contributed by atoms with van der Waals surface area (Å²) in [6.07, 6.45) is -2.23. The van der Waals surface area contributed by atoms with Gasteiger partial charge in [-0.05, 0) is 27.8 Å². The van der Waals surface area contributed by atoms with E-state index < -0.39 is 51.7 Å². The molecule has 236 valence electrons. The number of piperazine rings is 1. The maximum Gasteiger partial charge on any atom is 0.417 e. The highest BCUT2D eigenvalue weighted by Gasteiger charge is 2.37. The van der Waals surface area contributed by atoms with Crippen LogP contribution in [0.2, 0.25) is 0 Å². The highest BCUT2D eigenvalue weighted by Crippen LogP contribution is 2.38. The molecule has 1 unspecified atom stereocenters. The van der Waals surface area contributed by atoms with Crippen LogP contribution in [0.15, 0.2) is 35.5 Å². The van der Waals surface area contributed by atoms with Gasteiger partial charge in [-0.25, -0.2) is 18.7 Å². The van der Waals surface area contributed by atoms with Crippen molar-refractivity contribution in [1.29, 1.82) is 0 Å². The van der Waals surface area contributed by atoms with Crippen LogP contribution in [0.5, 0.6) is 0 Å². The Kier molecular flexibility index (Phi) is 8.37. The van der Waals surface area contributed by atoms with Crippen molar-refractivity contribution in [3.63, 3.8) is 0 Å². The quantitative estimate of drug-likeness (QED) is 0.432. The first-order valence-corrected chi connectivity index (χ1v) is 14.0. The molecule has 2 aliphatic heterocycles. The van der Waals surface area contributed by atoms with E-state index in [0.29, 0.717) is 49.4 Å². The number of morpholine rings is 1. The average Bonchev–Trinajstić information content (AvgIpc) is 2.93. The lowest BCUT2D eigenvalue weighted by Crippen LogP contribution is -2.50. The first-order valence-electron chi connectivity index (χ1n) is 14.0. The minimum atomic E-state index is -5.08. The molecule has 0 radical (unpaired) electrons. The van der Waals surface area contributed by atoms with Crippen LogP contribution in [-0.2, 0) is 10.9 Å². The van der Waals surface area contributed by atoms with Crippen LogP contribution in [0.1, 0.15) is 36.7 Å². The summed E-state index contributed by atoms with van der Waals surface area (Å²) in [5.74, 6) is -3.38. The van der Waals surface area contributed by atoms with E-state index in [2.05, 4.69) is 9.97 Å². The molecule has 0 saturated carbocycles. The van der Waals surface area contributed by atoms with Gasteiger partial charge in [0.15, 0.2) is 5.82 Å². The molecular weight excluding hydrogens is 589 g/mol. The average molecular weight is 622 g/mol. The molecule has 2 aromatic heterocycles. The van der Waals surface area contributed by atoms with Crippen molar-refractivity contribution in [2.45, 2.75) is 45.2 Å². The Labute approximate surface area is 249 Å². The Balaban J connectivity index is 1.69. The lowest BCUT2D eigenvalue weighted by atomic mass is 10.0. The van der Waals surface area contributed by atoms with Crippen molar-refractivity contribution < 1.29 is 31.5 Å². The zero-order chi connectivity index (χ0) is 32.1. The number of alkyl halides is 3. The molecule has 1 amide bonds. The van der Waals surface area contributed by atoms with Crippen LogP contribution in [0, 0.1) is 11.6 Å². The second-order valence-electron chi connectivity index (χ2n) is 11.3. The van der Waals surface area contributed by atoms with Crippen molar-refractivity contribution in [2.75, 3.05) is 49.6 Å². The number of pyridine rings is 1. The minimum absolute atomic E-state index is 0.0560. The number of amides is 1. The number of halogens is 5. The number of benzene rings is 1. The van der Waals surface area contributed by atoms with Gasteiger partial charge >= 0.3 is 6.18 Å². The topological polar surface area (TPSA) is 110 Å². The van der Waals surface area contributed by atoms with E-state index in [4.69, 9.17) is 10.5 Å². The Hall–Kier alpha value is -4.11. The fourth-order valence-corrected chi connectivity index (χ4v) is 5.69. The summed E-state index contributed by atoms with van der Waals surface area (Å²) < 4.78 is 79.8. The molecule has 3 aromatic rings. The van der Waals surface area contributed by atoms with Gasteiger partial charge in [0.05, 0.1) is 34.6 Å². The SMILES string of the molecule is CC1CN(c2cc(F)c(-c3cnc(N4C[C@@H](C)O[C@H](C)C4)nc3)c(F)c2-n2cc(C(N)=O)c(C(F)(F)F)cc2=O)CCN1C. The number of anilines is 2. The van der Waals surface area contributed by atoms with E-state index in [-0.39, 0.29) is 35.6 Å². The number of primary amides is 1. The largest absolute Gasteiger partial charge is 0.417 e. The van der Waals surface area contributed by atoms with Crippen molar-refractivity contribution in [1.82, 2.24) is 19.4 Å². The molecule has 5 rings (SSSR count). The molecule has 4 heterocycles. The maximum absolute atomic E-state index is 16.6. The molecule has 2 saturated heterocycles. The molecule has 0 aliphatic carbocycles. The van der Waals surface area contributed by atoms with Crippen LogP contribution < -0.4 is 21.1 Å². The molecule has 2 fully saturated rings. The third-order valence-electron chi connectivity index (χ3n) is 7.97. The smallest absolute Gasteiger partial charge is 0.372 e.